The van der Waals surface area contributed by atoms with Gasteiger partial charge in [-0.1, -0.05) is 12.1 Å². The second-order valence-corrected chi connectivity index (χ2v) is 4.80. The largest absolute Gasteiger partial charge is 0.496 e. The zero-order valence-corrected chi connectivity index (χ0v) is 11.8. The van der Waals surface area contributed by atoms with Crippen LogP contribution in [0.15, 0.2) is 27.2 Å². The van der Waals surface area contributed by atoms with Gasteiger partial charge in [-0.2, -0.15) is 4.98 Å². The molecule has 2 N–H and O–H groups in total. The minimum atomic E-state index is 0.0872. The summed E-state index contributed by atoms with van der Waals surface area (Å²) in [5.41, 5.74) is 6.41. The van der Waals surface area contributed by atoms with E-state index in [-0.39, 0.29) is 5.92 Å². The van der Waals surface area contributed by atoms with Crippen molar-refractivity contribution < 1.29 is 9.26 Å². The van der Waals surface area contributed by atoms with Gasteiger partial charge in [-0.3, -0.25) is 0 Å². The molecule has 0 aliphatic carbocycles. The normalized spacial score (nSPS) is 12.4. The average Bonchev–Trinajstić information content (AvgIpc) is 2.87. The van der Waals surface area contributed by atoms with E-state index in [0.29, 0.717) is 18.3 Å². The summed E-state index contributed by atoms with van der Waals surface area (Å²) < 4.78 is 11.2. The van der Waals surface area contributed by atoms with Gasteiger partial charge in [0.25, 0.3) is 5.89 Å². The van der Waals surface area contributed by atoms with Gasteiger partial charge in [0.2, 0.25) is 0 Å². The topological polar surface area (TPSA) is 74.2 Å². The summed E-state index contributed by atoms with van der Waals surface area (Å²) in [6.45, 7) is 2.45. The van der Waals surface area contributed by atoms with Crippen molar-refractivity contribution in [1.29, 1.82) is 0 Å². The first kappa shape index (κ1) is 13.0. The van der Waals surface area contributed by atoms with Crippen molar-refractivity contribution in [3.63, 3.8) is 0 Å². The van der Waals surface area contributed by atoms with Gasteiger partial charge in [0.1, 0.15) is 5.75 Å². The maximum atomic E-state index is 5.57. The van der Waals surface area contributed by atoms with Gasteiger partial charge in [0.05, 0.1) is 11.6 Å². The predicted molar refractivity (Wildman–Crippen MR) is 71.5 cm³/mol. The Labute approximate surface area is 113 Å². The van der Waals surface area contributed by atoms with Crippen molar-refractivity contribution in [3.05, 3.63) is 28.5 Å². The molecule has 0 aliphatic rings. The van der Waals surface area contributed by atoms with Gasteiger partial charge in [-0.05, 0) is 34.1 Å². The molecule has 0 saturated carbocycles. The summed E-state index contributed by atoms with van der Waals surface area (Å²) in [5, 5.41) is 3.92. The van der Waals surface area contributed by atoms with E-state index in [4.69, 9.17) is 15.0 Å². The lowest BCUT2D eigenvalue weighted by Crippen LogP contribution is -2.10. The average molecular weight is 312 g/mol. The van der Waals surface area contributed by atoms with Crippen LogP contribution in [0.4, 0.5) is 0 Å². The Morgan fingerprint density at radius 2 is 2.28 bits per heavy atom. The van der Waals surface area contributed by atoms with E-state index in [2.05, 4.69) is 26.1 Å². The van der Waals surface area contributed by atoms with Gasteiger partial charge in [0, 0.05) is 18.0 Å². The van der Waals surface area contributed by atoms with Crippen LogP contribution in [0, 0.1) is 0 Å². The molecule has 0 spiro atoms. The van der Waals surface area contributed by atoms with Crippen LogP contribution in [0.5, 0.6) is 5.75 Å². The monoisotopic (exact) mass is 311 g/mol. The highest BCUT2D eigenvalue weighted by Gasteiger charge is 2.14. The van der Waals surface area contributed by atoms with Crippen LogP contribution in [0.25, 0.3) is 11.5 Å². The van der Waals surface area contributed by atoms with Crippen molar-refractivity contribution in [2.75, 3.05) is 13.7 Å². The number of nitrogens with zero attached hydrogens (tertiary/aromatic N) is 2. The van der Waals surface area contributed by atoms with Gasteiger partial charge >= 0.3 is 0 Å². The predicted octanol–water partition coefficient (Wildman–Crippen LogP) is 2.57. The number of benzene rings is 1. The highest BCUT2D eigenvalue weighted by atomic mass is 79.9. The van der Waals surface area contributed by atoms with Crippen LogP contribution in [0.2, 0.25) is 0 Å². The number of aromatic nitrogens is 2. The molecule has 0 fully saturated rings. The molecule has 0 saturated heterocycles. The molecular weight excluding hydrogens is 298 g/mol. The summed E-state index contributed by atoms with van der Waals surface area (Å²) in [4.78, 5) is 4.33. The molecule has 2 rings (SSSR count). The third-order valence-corrected chi connectivity index (χ3v) is 3.25. The van der Waals surface area contributed by atoms with Crippen molar-refractivity contribution in [2.45, 2.75) is 12.8 Å². The fourth-order valence-corrected chi connectivity index (χ4v) is 2.00. The molecule has 18 heavy (non-hydrogen) atoms. The summed E-state index contributed by atoms with van der Waals surface area (Å²) >= 11 is 3.42. The fraction of sp³-hybridized carbons (Fsp3) is 0.333. The summed E-state index contributed by atoms with van der Waals surface area (Å²) in [6.07, 6.45) is 0. The van der Waals surface area contributed by atoms with E-state index >= 15 is 0 Å². The number of rotatable bonds is 4. The molecule has 0 bridgehead atoms. The van der Waals surface area contributed by atoms with E-state index in [1.165, 1.54) is 0 Å². The molecule has 1 atom stereocenters. The second kappa shape index (κ2) is 5.49. The standard InChI is InChI=1S/C12H14BrN3O2/c1-7(6-14)11-15-12(18-16-11)8-3-4-10(17-2)9(13)5-8/h3-5,7H,6,14H2,1-2H3. The number of halogens is 1. The van der Waals surface area contributed by atoms with Crippen molar-refractivity contribution in [1.82, 2.24) is 10.1 Å². The molecule has 1 unspecified atom stereocenters. The molecule has 1 aromatic carbocycles. The minimum Gasteiger partial charge on any atom is -0.496 e. The second-order valence-electron chi connectivity index (χ2n) is 3.94. The summed E-state index contributed by atoms with van der Waals surface area (Å²) in [5.74, 6) is 1.95. The quantitative estimate of drug-likeness (QED) is 0.939. The van der Waals surface area contributed by atoms with Gasteiger partial charge in [-0.25, -0.2) is 0 Å². The van der Waals surface area contributed by atoms with Crippen LogP contribution in [-0.4, -0.2) is 23.8 Å². The third kappa shape index (κ3) is 2.54. The molecular formula is C12H14BrN3O2. The Morgan fingerprint density at radius 3 is 2.89 bits per heavy atom. The number of ether oxygens (including phenoxy) is 1. The molecule has 2 aromatic rings. The van der Waals surface area contributed by atoms with Gasteiger partial charge < -0.3 is 15.0 Å². The number of nitrogens with two attached hydrogens (primary N) is 1. The van der Waals surface area contributed by atoms with Crippen LogP contribution < -0.4 is 10.5 Å². The van der Waals surface area contributed by atoms with E-state index in [0.717, 1.165) is 15.8 Å². The van der Waals surface area contributed by atoms with Crippen LogP contribution in [-0.2, 0) is 0 Å². The fourth-order valence-electron chi connectivity index (χ4n) is 1.46. The Balaban J connectivity index is 2.31. The molecule has 1 heterocycles. The lowest BCUT2D eigenvalue weighted by molar-refractivity contribution is 0.411. The first-order valence-electron chi connectivity index (χ1n) is 5.53. The maximum absolute atomic E-state index is 5.57. The zero-order valence-electron chi connectivity index (χ0n) is 10.2. The molecule has 0 aliphatic heterocycles. The Hall–Kier alpha value is -1.40. The molecule has 5 nitrogen and oxygen atoms in total. The number of methoxy groups -OCH3 is 1. The van der Waals surface area contributed by atoms with Crippen LogP contribution >= 0.6 is 15.9 Å². The van der Waals surface area contributed by atoms with Crippen molar-refractivity contribution in [2.24, 2.45) is 5.73 Å². The lowest BCUT2D eigenvalue weighted by Gasteiger charge is -2.03. The van der Waals surface area contributed by atoms with Gasteiger partial charge in [0.15, 0.2) is 5.82 Å². The smallest absolute Gasteiger partial charge is 0.257 e. The summed E-state index contributed by atoms with van der Waals surface area (Å²) in [6, 6.07) is 5.59. The molecule has 96 valence electrons. The van der Waals surface area contributed by atoms with E-state index in [1.54, 1.807) is 7.11 Å². The molecule has 0 amide bonds. The Kier molecular flexibility index (Phi) is 3.98. The molecule has 0 radical (unpaired) electrons. The summed E-state index contributed by atoms with van der Waals surface area (Å²) in [7, 11) is 1.62. The highest BCUT2D eigenvalue weighted by molar-refractivity contribution is 9.10. The number of hydrogen-bond acceptors (Lipinski definition) is 5. The first-order chi connectivity index (χ1) is 8.65. The van der Waals surface area contributed by atoms with E-state index in [9.17, 15) is 0 Å². The Morgan fingerprint density at radius 1 is 1.50 bits per heavy atom. The van der Waals surface area contributed by atoms with Crippen molar-refractivity contribution in [3.8, 4) is 17.2 Å². The number of hydrogen-bond donors (Lipinski definition) is 1. The van der Waals surface area contributed by atoms with Crippen molar-refractivity contribution >= 4 is 15.9 Å². The lowest BCUT2D eigenvalue weighted by atomic mass is 10.2. The minimum absolute atomic E-state index is 0.0872. The van der Waals surface area contributed by atoms with Crippen LogP contribution in [0.3, 0.4) is 0 Å². The SMILES string of the molecule is COc1ccc(-c2nc(C(C)CN)no2)cc1Br. The third-order valence-electron chi connectivity index (χ3n) is 2.63. The van der Waals surface area contributed by atoms with Crippen LogP contribution in [0.1, 0.15) is 18.7 Å². The molecule has 6 heteroatoms. The highest BCUT2D eigenvalue weighted by Crippen LogP contribution is 2.30. The Bertz CT molecular complexity index is 542. The molecule has 1 aromatic heterocycles. The maximum Gasteiger partial charge on any atom is 0.257 e. The first-order valence-corrected chi connectivity index (χ1v) is 6.32. The van der Waals surface area contributed by atoms with E-state index < -0.39 is 0 Å². The zero-order chi connectivity index (χ0) is 13.1. The van der Waals surface area contributed by atoms with E-state index in [1.807, 2.05) is 25.1 Å². The van der Waals surface area contributed by atoms with Gasteiger partial charge in [-0.15, -0.1) is 0 Å².